The minimum Gasteiger partial charge on any atom is -0.444 e. The van der Waals surface area contributed by atoms with Crippen molar-refractivity contribution >= 4 is 23.4 Å². The van der Waals surface area contributed by atoms with Gasteiger partial charge in [0.25, 0.3) is 0 Å². The molecule has 35 heavy (non-hydrogen) atoms. The van der Waals surface area contributed by atoms with Crippen molar-refractivity contribution in [2.45, 2.75) is 119 Å². The van der Waals surface area contributed by atoms with Gasteiger partial charge in [-0.1, -0.05) is 59.8 Å². The minimum absolute atomic E-state index is 0.00381. The molecule has 2 N–H and O–H groups in total. The average molecular weight is 488 g/mol. The van der Waals surface area contributed by atoms with E-state index in [0.717, 1.165) is 42.7 Å². The van der Waals surface area contributed by atoms with Gasteiger partial charge in [-0.05, 0) is 69.7 Å². The number of carbonyl (C=O) groups excluding carboxylic acids is 2. The standard InChI is InChI=1S/C29H49N3O3/c1-10-11-12-13-14-15-17-32-18-16-22-20(2)23(19-30-27(34)35-29(7,8)9)21(3)24(25(22)32)31-26(33)28(4,5)6/h10-19H2,1-9H3,(H,30,34)(H,31,33). The summed E-state index contributed by atoms with van der Waals surface area (Å²) in [6, 6.07) is 0. The van der Waals surface area contributed by atoms with Gasteiger partial charge in [0.05, 0.1) is 11.4 Å². The zero-order valence-corrected chi connectivity index (χ0v) is 23.7. The number of ether oxygens (including phenoxy) is 1. The third kappa shape index (κ3) is 8.15. The molecule has 1 aliphatic heterocycles. The van der Waals surface area contributed by atoms with Crippen LogP contribution in [0.15, 0.2) is 0 Å². The second-order valence-corrected chi connectivity index (χ2v) is 12.0. The molecule has 0 radical (unpaired) electrons. The van der Waals surface area contributed by atoms with E-state index in [4.69, 9.17) is 4.74 Å². The minimum atomic E-state index is -0.547. The number of fused-ring (bicyclic) bond motifs is 1. The molecule has 6 heteroatoms. The van der Waals surface area contributed by atoms with Crippen molar-refractivity contribution in [2.75, 3.05) is 23.3 Å². The molecule has 2 amide bonds. The van der Waals surface area contributed by atoms with E-state index in [2.05, 4.69) is 36.3 Å². The van der Waals surface area contributed by atoms with Crippen molar-refractivity contribution in [3.63, 3.8) is 0 Å². The van der Waals surface area contributed by atoms with E-state index in [1.54, 1.807) is 0 Å². The Balaban J connectivity index is 2.33. The molecule has 0 fully saturated rings. The van der Waals surface area contributed by atoms with Gasteiger partial charge in [0.2, 0.25) is 5.91 Å². The Bertz CT molecular complexity index is 894. The van der Waals surface area contributed by atoms with Crippen molar-refractivity contribution in [3.8, 4) is 0 Å². The van der Waals surface area contributed by atoms with Gasteiger partial charge in [0, 0.05) is 25.0 Å². The lowest BCUT2D eigenvalue weighted by molar-refractivity contribution is -0.123. The lowest BCUT2D eigenvalue weighted by Gasteiger charge is -2.28. The van der Waals surface area contributed by atoms with E-state index < -0.39 is 17.1 Å². The van der Waals surface area contributed by atoms with Gasteiger partial charge >= 0.3 is 6.09 Å². The highest BCUT2D eigenvalue weighted by Crippen LogP contribution is 2.43. The zero-order valence-electron chi connectivity index (χ0n) is 23.7. The smallest absolute Gasteiger partial charge is 0.407 e. The van der Waals surface area contributed by atoms with E-state index >= 15 is 0 Å². The molecule has 0 aliphatic carbocycles. The first kappa shape index (κ1) is 29.0. The van der Waals surface area contributed by atoms with Gasteiger partial charge in [-0.3, -0.25) is 4.79 Å². The molecule has 0 saturated heterocycles. The molecule has 6 nitrogen and oxygen atoms in total. The summed E-state index contributed by atoms with van der Waals surface area (Å²) in [4.78, 5) is 27.8. The molecule has 0 unspecified atom stereocenters. The first-order chi connectivity index (χ1) is 16.3. The topological polar surface area (TPSA) is 70.7 Å². The van der Waals surface area contributed by atoms with Crippen LogP contribution in [-0.4, -0.2) is 30.7 Å². The van der Waals surface area contributed by atoms with Gasteiger partial charge in [0.1, 0.15) is 5.60 Å². The van der Waals surface area contributed by atoms with Gasteiger partial charge in [-0.2, -0.15) is 0 Å². The highest BCUT2D eigenvalue weighted by Gasteiger charge is 2.31. The monoisotopic (exact) mass is 487 g/mol. The number of carbonyl (C=O) groups is 2. The molecule has 0 atom stereocenters. The second kappa shape index (κ2) is 12.1. The number of anilines is 2. The maximum Gasteiger partial charge on any atom is 0.407 e. The molecule has 0 saturated carbocycles. The van der Waals surface area contributed by atoms with E-state index in [1.807, 2.05) is 41.5 Å². The summed E-state index contributed by atoms with van der Waals surface area (Å²) in [6.07, 6.45) is 8.10. The molecule has 0 aromatic heterocycles. The molecule has 1 aromatic rings. The fourth-order valence-corrected chi connectivity index (χ4v) is 4.63. The third-order valence-corrected chi connectivity index (χ3v) is 6.71. The summed E-state index contributed by atoms with van der Waals surface area (Å²) in [5.74, 6) is 0.00381. The van der Waals surface area contributed by atoms with Gasteiger partial charge < -0.3 is 20.3 Å². The van der Waals surface area contributed by atoms with E-state index in [0.29, 0.717) is 6.54 Å². The summed E-state index contributed by atoms with van der Waals surface area (Å²) < 4.78 is 5.44. The summed E-state index contributed by atoms with van der Waals surface area (Å²) in [5.41, 5.74) is 5.59. The van der Waals surface area contributed by atoms with E-state index in [9.17, 15) is 9.59 Å². The summed E-state index contributed by atoms with van der Waals surface area (Å²) >= 11 is 0. The molecule has 2 rings (SSSR count). The lowest BCUT2D eigenvalue weighted by atomic mass is 9.91. The van der Waals surface area contributed by atoms with Crippen LogP contribution in [0.1, 0.15) is 109 Å². The summed E-state index contributed by atoms with van der Waals surface area (Å²) in [7, 11) is 0. The van der Waals surface area contributed by atoms with Crippen LogP contribution in [0, 0.1) is 19.3 Å². The first-order valence-corrected chi connectivity index (χ1v) is 13.4. The van der Waals surface area contributed by atoms with Crippen molar-refractivity contribution in [2.24, 2.45) is 5.41 Å². The van der Waals surface area contributed by atoms with Crippen LogP contribution in [0.25, 0.3) is 0 Å². The molecule has 198 valence electrons. The van der Waals surface area contributed by atoms with Crippen LogP contribution < -0.4 is 15.5 Å². The van der Waals surface area contributed by atoms with Crippen LogP contribution in [0.3, 0.4) is 0 Å². The Hall–Kier alpha value is -2.24. The predicted octanol–water partition coefficient (Wildman–Crippen LogP) is 7.04. The molecule has 1 aromatic carbocycles. The zero-order chi connectivity index (χ0) is 26.4. The molecule has 0 bridgehead atoms. The number of nitrogens with one attached hydrogen (secondary N) is 2. The Morgan fingerprint density at radius 3 is 2.17 bits per heavy atom. The largest absolute Gasteiger partial charge is 0.444 e. The van der Waals surface area contributed by atoms with Crippen molar-refractivity contribution in [3.05, 3.63) is 22.3 Å². The molecule has 1 heterocycles. The molecule has 0 spiro atoms. The van der Waals surface area contributed by atoms with Crippen molar-refractivity contribution in [1.29, 1.82) is 0 Å². The predicted molar refractivity (Wildman–Crippen MR) is 146 cm³/mol. The number of amides is 2. The Kier molecular flexibility index (Phi) is 10.1. The van der Waals surface area contributed by atoms with E-state index in [1.165, 1.54) is 48.9 Å². The fourth-order valence-electron chi connectivity index (χ4n) is 4.63. The average Bonchev–Trinajstić information content (AvgIpc) is 3.15. The maximum absolute atomic E-state index is 13.1. The first-order valence-electron chi connectivity index (χ1n) is 13.4. The number of rotatable bonds is 10. The molecular formula is C29H49N3O3. The van der Waals surface area contributed by atoms with Crippen LogP contribution in [0.2, 0.25) is 0 Å². The van der Waals surface area contributed by atoms with Gasteiger partial charge in [0.15, 0.2) is 0 Å². The van der Waals surface area contributed by atoms with Crippen LogP contribution in [-0.2, 0) is 22.5 Å². The number of hydrogen-bond acceptors (Lipinski definition) is 4. The third-order valence-electron chi connectivity index (χ3n) is 6.71. The summed E-state index contributed by atoms with van der Waals surface area (Å²) in [5, 5.41) is 6.19. The Morgan fingerprint density at radius 1 is 0.943 bits per heavy atom. The van der Waals surface area contributed by atoms with Crippen LogP contribution in [0.4, 0.5) is 16.2 Å². The highest BCUT2D eigenvalue weighted by atomic mass is 16.6. The Morgan fingerprint density at radius 2 is 1.57 bits per heavy atom. The van der Waals surface area contributed by atoms with Crippen molar-refractivity contribution in [1.82, 2.24) is 5.32 Å². The summed E-state index contributed by atoms with van der Waals surface area (Å²) in [6.45, 7) is 20.2. The normalized spacial score (nSPS) is 13.6. The highest BCUT2D eigenvalue weighted by molar-refractivity contribution is 6.00. The van der Waals surface area contributed by atoms with Crippen LogP contribution in [0.5, 0.6) is 0 Å². The number of benzene rings is 1. The fraction of sp³-hybridized carbons (Fsp3) is 0.724. The second-order valence-electron chi connectivity index (χ2n) is 12.0. The SMILES string of the molecule is CCCCCCCCN1CCc2c(C)c(CNC(=O)OC(C)(C)C)c(C)c(NC(=O)C(C)(C)C)c21. The van der Waals surface area contributed by atoms with Crippen molar-refractivity contribution < 1.29 is 14.3 Å². The molecular weight excluding hydrogens is 438 g/mol. The Labute approximate surface area is 213 Å². The lowest BCUT2D eigenvalue weighted by Crippen LogP contribution is -2.33. The molecule has 1 aliphatic rings. The number of unbranched alkanes of at least 4 members (excludes halogenated alkanes) is 5. The number of alkyl carbamates (subject to hydrolysis) is 1. The van der Waals surface area contributed by atoms with Gasteiger partial charge in [-0.15, -0.1) is 0 Å². The quantitative estimate of drug-likeness (QED) is 0.347. The maximum atomic E-state index is 13.1. The van der Waals surface area contributed by atoms with Gasteiger partial charge in [-0.25, -0.2) is 4.79 Å². The van der Waals surface area contributed by atoms with Crippen LogP contribution >= 0.6 is 0 Å². The number of hydrogen-bond donors (Lipinski definition) is 2. The van der Waals surface area contributed by atoms with E-state index in [-0.39, 0.29) is 5.91 Å². The number of nitrogens with zero attached hydrogens (tertiary/aromatic N) is 1.